The van der Waals surface area contributed by atoms with Crippen molar-refractivity contribution in [3.8, 4) is 0 Å². The fourth-order valence-electron chi connectivity index (χ4n) is 4.36. The van der Waals surface area contributed by atoms with E-state index in [0.717, 1.165) is 71.6 Å². The highest BCUT2D eigenvalue weighted by molar-refractivity contribution is 5.85. The number of carbonyl (C=O) groups is 2. The lowest BCUT2D eigenvalue weighted by Gasteiger charge is -2.41. The number of amides is 2. The first-order valence-electron chi connectivity index (χ1n) is 10.1. The van der Waals surface area contributed by atoms with Crippen LogP contribution in [0, 0.1) is 0 Å². The number of carboxylic acid groups (broad SMARTS) is 1. The standard InChI is InChI=1S/C18H33N5O3.2ClH/c24-17(25)16(22-8-2-1-3-9-22)14-20-18(26)23-12-10-21(11-13-23)15-4-6-19-7-5-15;;/h15-16,19H,1-14H2,(H,20,26)(H,24,25);2*1H. The van der Waals surface area contributed by atoms with Gasteiger partial charge >= 0.3 is 12.0 Å². The molecule has 2 amide bonds. The van der Waals surface area contributed by atoms with E-state index in [-0.39, 0.29) is 37.4 Å². The van der Waals surface area contributed by atoms with Gasteiger partial charge < -0.3 is 20.6 Å². The summed E-state index contributed by atoms with van der Waals surface area (Å²) in [5, 5.41) is 15.8. The molecule has 3 heterocycles. The van der Waals surface area contributed by atoms with Gasteiger partial charge in [-0.15, -0.1) is 24.8 Å². The van der Waals surface area contributed by atoms with E-state index in [1.54, 1.807) is 0 Å². The summed E-state index contributed by atoms with van der Waals surface area (Å²) >= 11 is 0. The average Bonchev–Trinajstić information content (AvgIpc) is 2.69. The molecule has 3 aliphatic heterocycles. The second kappa shape index (κ2) is 12.7. The van der Waals surface area contributed by atoms with Crippen LogP contribution in [0.4, 0.5) is 4.79 Å². The number of nitrogens with one attached hydrogen (secondary N) is 2. The Hall–Kier alpha value is -0.800. The van der Waals surface area contributed by atoms with Crippen LogP contribution in [0.1, 0.15) is 32.1 Å². The molecule has 3 fully saturated rings. The van der Waals surface area contributed by atoms with Gasteiger partial charge in [-0.25, -0.2) is 4.79 Å². The van der Waals surface area contributed by atoms with E-state index in [1.807, 2.05) is 9.80 Å². The maximum absolute atomic E-state index is 12.5. The van der Waals surface area contributed by atoms with Crippen LogP contribution in [-0.2, 0) is 4.79 Å². The first kappa shape index (κ1) is 25.2. The van der Waals surface area contributed by atoms with E-state index in [1.165, 1.54) is 12.8 Å². The molecule has 0 spiro atoms. The molecule has 0 aromatic rings. The summed E-state index contributed by atoms with van der Waals surface area (Å²) < 4.78 is 0. The Morgan fingerprint density at radius 3 is 2.14 bits per heavy atom. The molecule has 28 heavy (non-hydrogen) atoms. The highest BCUT2D eigenvalue weighted by atomic mass is 35.5. The number of piperazine rings is 1. The number of urea groups is 1. The molecule has 0 aromatic carbocycles. The largest absolute Gasteiger partial charge is 0.480 e. The Morgan fingerprint density at radius 2 is 1.57 bits per heavy atom. The van der Waals surface area contributed by atoms with Gasteiger partial charge in [0.25, 0.3) is 0 Å². The van der Waals surface area contributed by atoms with Gasteiger partial charge in [0, 0.05) is 38.8 Å². The molecular weight excluding hydrogens is 405 g/mol. The minimum absolute atomic E-state index is 0. The highest BCUT2D eigenvalue weighted by Crippen LogP contribution is 2.15. The average molecular weight is 440 g/mol. The fraction of sp³-hybridized carbons (Fsp3) is 0.889. The molecule has 0 radical (unpaired) electrons. The molecule has 164 valence electrons. The van der Waals surface area contributed by atoms with Crippen molar-refractivity contribution in [2.75, 3.05) is 58.9 Å². The molecule has 8 nitrogen and oxygen atoms in total. The van der Waals surface area contributed by atoms with Crippen LogP contribution in [0.25, 0.3) is 0 Å². The first-order valence-corrected chi connectivity index (χ1v) is 10.1. The quantitative estimate of drug-likeness (QED) is 0.588. The van der Waals surface area contributed by atoms with Gasteiger partial charge in [-0.2, -0.15) is 0 Å². The normalized spacial score (nSPS) is 23.2. The van der Waals surface area contributed by atoms with Crippen LogP contribution in [0.3, 0.4) is 0 Å². The van der Waals surface area contributed by atoms with Crippen molar-refractivity contribution >= 4 is 36.8 Å². The van der Waals surface area contributed by atoms with Gasteiger partial charge in [0.05, 0.1) is 0 Å². The second-order valence-corrected chi connectivity index (χ2v) is 7.64. The monoisotopic (exact) mass is 439 g/mol. The number of rotatable bonds is 5. The summed E-state index contributed by atoms with van der Waals surface area (Å²) in [4.78, 5) is 30.4. The number of nitrogens with zero attached hydrogens (tertiary/aromatic N) is 3. The zero-order valence-corrected chi connectivity index (χ0v) is 18.1. The zero-order chi connectivity index (χ0) is 18.4. The third kappa shape index (κ3) is 6.91. The molecule has 3 rings (SSSR count). The Bertz CT molecular complexity index is 480. The molecule has 1 unspecified atom stereocenters. The van der Waals surface area contributed by atoms with Crippen molar-refractivity contribution in [3.63, 3.8) is 0 Å². The SMILES string of the molecule is Cl.Cl.O=C(O)C(CNC(=O)N1CCN(C2CCNCC2)CC1)N1CCCCC1. The van der Waals surface area contributed by atoms with Crippen molar-refractivity contribution in [1.29, 1.82) is 0 Å². The molecule has 0 aliphatic carbocycles. The molecule has 1 atom stereocenters. The summed E-state index contributed by atoms with van der Waals surface area (Å²) in [7, 11) is 0. The maximum Gasteiger partial charge on any atom is 0.322 e. The van der Waals surface area contributed by atoms with Gasteiger partial charge in [-0.3, -0.25) is 14.6 Å². The van der Waals surface area contributed by atoms with E-state index in [2.05, 4.69) is 15.5 Å². The lowest BCUT2D eigenvalue weighted by atomic mass is 10.0. The summed E-state index contributed by atoms with van der Waals surface area (Å²) in [6, 6.07) is -0.106. The summed E-state index contributed by atoms with van der Waals surface area (Å²) in [5.41, 5.74) is 0. The highest BCUT2D eigenvalue weighted by Gasteiger charge is 2.30. The lowest BCUT2D eigenvalue weighted by molar-refractivity contribution is -0.143. The van der Waals surface area contributed by atoms with Gasteiger partial charge in [0.2, 0.25) is 0 Å². The van der Waals surface area contributed by atoms with E-state index >= 15 is 0 Å². The van der Waals surface area contributed by atoms with Crippen LogP contribution < -0.4 is 10.6 Å². The number of aliphatic carboxylic acids is 1. The minimum atomic E-state index is -0.845. The van der Waals surface area contributed by atoms with E-state index < -0.39 is 12.0 Å². The van der Waals surface area contributed by atoms with Crippen molar-refractivity contribution in [1.82, 2.24) is 25.3 Å². The molecule has 3 aliphatic rings. The van der Waals surface area contributed by atoms with Crippen LogP contribution in [0.2, 0.25) is 0 Å². The number of carboxylic acids is 1. The number of piperidine rings is 2. The Morgan fingerprint density at radius 1 is 0.964 bits per heavy atom. The second-order valence-electron chi connectivity index (χ2n) is 7.64. The molecule has 0 saturated carbocycles. The Labute approximate surface area is 180 Å². The van der Waals surface area contributed by atoms with Crippen LogP contribution in [-0.4, -0.2) is 103 Å². The lowest BCUT2D eigenvalue weighted by Crippen LogP contribution is -2.57. The maximum atomic E-state index is 12.5. The third-order valence-electron chi connectivity index (χ3n) is 5.99. The Balaban J connectivity index is 0.00000196. The van der Waals surface area contributed by atoms with Crippen molar-refractivity contribution < 1.29 is 14.7 Å². The smallest absolute Gasteiger partial charge is 0.322 e. The summed E-state index contributed by atoms with van der Waals surface area (Å²) in [6.07, 6.45) is 5.61. The van der Waals surface area contributed by atoms with Gasteiger partial charge in [-0.05, 0) is 51.9 Å². The predicted molar refractivity (Wildman–Crippen MR) is 114 cm³/mol. The predicted octanol–water partition coefficient (Wildman–Crippen LogP) is 0.848. The summed E-state index contributed by atoms with van der Waals surface area (Å²) in [5.74, 6) is -0.845. The van der Waals surface area contributed by atoms with Crippen LogP contribution in [0.5, 0.6) is 0 Å². The minimum Gasteiger partial charge on any atom is -0.480 e. The molecule has 3 saturated heterocycles. The van der Waals surface area contributed by atoms with Crippen LogP contribution >= 0.6 is 24.8 Å². The molecule has 10 heteroatoms. The van der Waals surface area contributed by atoms with E-state index in [0.29, 0.717) is 6.04 Å². The number of halogens is 2. The van der Waals surface area contributed by atoms with Crippen molar-refractivity contribution in [3.05, 3.63) is 0 Å². The van der Waals surface area contributed by atoms with Crippen molar-refractivity contribution in [2.45, 2.75) is 44.2 Å². The van der Waals surface area contributed by atoms with Crippen LogP contribution in [0.15, 0.2) is 0 Å². The van der Waals surface area contributed by atoms with E-state index in [9.17, 15) is 14.7 Å². The van der Waals surface area contributed by atoms with Gasteiger partial charge in [0.1, 0.15) is 6.04 Å². The number of likely N-dealkylation sites (tertiary alicyclic amines) is 1. The van der Waals surface area contributed by atoms with Gasteiger partial charge in [0.15, 0.2) is 0 Å². The molecule has 0 aromatic heterocycles. The van der Waals surface area contributed by atoms with Crippen molar-refractivity contribution in [2.24, 2.45) is 0 Å². The molecule has 3 N–H and O–H groups in total. The third-order valence-corrected chi connectivity index (χ3v) is 5.99. The fourth-order valence-corrected chi connectivity index (χ4v) is 4.36. The molecule has 0 bridgehead atoms. The summed E-state index contributed by atoms with van der Waals surface area (Å²) in [6.45, 7) is 7.22. The topological polar surface area (TPSA) is 88.1 Å². The number of hydrogen-bond acceptors (Lipinski definition) is 5. The first-order chi connectivity index (χ1) is 12.6. The van der Waals surface area contributed by atoms with E-state index in [4.69, 9.17) is 0 Å². The zero-order valence-electron chi connectivity index (χ0n) is 16.5. The number of hydrogen-bond donors (Lipinski definition) is 3. The number of carbonyl (C=O) groups excluding carboxylic acids is 1. The molecular formula is C18H35Cl2N5O3. The Kier molecular flexibility index (Phi) is 11.4. The van der Waals surface area contributed by atoms with Gasteiger partial charge in [-0.1, -0.05) is 6.42 Å².